The Balaban J connectivity index is 2.66. The molecule has 1 saturated carbocycles. The highest BCUT2D eigenvalue weighted by atomic mass is 16.1. The molecule has 4 nitrogen and oxygen atoms in total. The smallest absolute Gasteiger partial charge is 0.239 e. The van der Waals surface area contributed by atoms with Crippen molar-refractivity contribution < 1.29 is 4.79 Å². The van der Waals surface area contributed by atoms with Gasteiger partial charge in [-0.25, -0.2) is 0 Å². The second kappa shape index (κ2) is 5.15. The molecule has 0 radical (unpaired) electrons. The molecule has 0 heterocycles. The molecule has 94 valence electrons. The molecule has 1 fully saturated rings. The lowest BCUT2D eigenvalue weighted by Crippen LogP contribution is -2.61. The van der Waals surface area contributed by atoms with E-state index in [1.165, 1.54) is 0 Å². The molecule has 0 spiro atoms. The predicted molar refractivity (Wildman–Crippen MR) is 66.0 cm³/mol. The highest BCUT2D eigenvalue weighted by molar-refractivity contribution is 5.85. The van der Waals surface area contributed by atoms with Gasteiger partial charge in [0.2, 0.25) is 5.91 Å². The van der Waals surface area contributed by atoms with Gasteiger partial charge in [0.1, 0.15) is 5.54 Å². The molecule has 0 aliphatic heterocycles. The number of hydrogen-bond acceptors (Lipinski definition) is 3. The first-order chi connectivity index (χ1) is 7.42. The van der Waals surface area contributed by atoms with Crippen LogP contribution in [0.5, 0.6) is 0 Å². The Hall–Kier alpha value is -0.610. The number of nitrogens with zero attached hydrogens (tertiary/aromatic N) is 1. The lowest BCUT2D eigenvalue weighted by atomic mass is 9.91. The van der Waals surface area contributed by atoms with Crippen LogP contribution < -0.4 is 11.1 Å². The van der Waals surface area contributed by atoms with Crippen molar-refractivity contribution in [2.75, 3.05) is 27.2 Å². The van der Waals surface area contributed by atoms with Gasteiger partial charge in [0.25, 0.3) is 0 Å². The summed E-state index contributed by atoms with van der Waals surface area (Å²) in [6.07, 6.45) is 2.22. The number of hydrogen-bond donors (Lipinski definition) is 2. The van der Waals surface area contributed by atoms with Crippen molar-refractivity contribution in [1.82, 2.24) is 10.2 Å². The highest BCUT2D eigenvalue weighted by Gasteiger charge is 2.49. The average Bonchev–Trinajstić information content (AvgIpc) is 2.95. The van der Waals surface area contributed by atoms with Gasteiger partial charge in [0, 0.05) is 13.1 Å². The predicted octanol–water partition coefficient (Wildman–Crippen LogP) is 0.428. The standard InChI is InChI=1S/C12H25N3O/c1-9(2)7-15(4)8-12(14-3,11(13)16)10-5-6-10/h9-10,14H,5-8H2,1-4H3,(H2,13,16). The minimum atomic E-state index is -0.524. The van der Waals surface area contributed by atoms with Crippen molar-refractivity contribution in [2.24, 2.45) is 17.6 Å². The normalized spacial score (nSPS) is 20.1. The number of rotatable bonds is 7. The summed E-state index contributed by atoms with van der Waals surface area (Å²) in [5, 5.41) is 3.16. The maximum atomic E-state index is 11.7. The molecule has 1 aliphatic carbocycles. The fourth-order valence-electron chi connectivity index (χ4n) is 2.50. The molecule has 16 heavy (non-hydrogen) atoms. The maximum Gasteiger partial charge on any atom is 0.239 e. The van der Waals surface area contributed by atoms with Gasteiger partial charge >= 0.3 is 0 Å². The summed E-state index contributed by atoms with van der Waals surface area (Å²) in [5.41, 5.74) is 5.05. The van der Waals surface area contributed by atoms with Crippen LogP contribution in [0.15, 0.2) is 0 Å². The van der Waals surface area contributed by atoms with Gasteiger partial charge in [0.15, 0.2) is 0 Å². The van der Waals surface area contributed by atoms with Crippen LogP contribution >= 0.6 is 0 Å². The van der Waals surface area contributed by atoms with E-state index in [9.17, 15) is 4.79 Å². The van der Waals surface area contributed by atoms with E-state index in [2.05, 4.69) is 31.1 Å². The Bertz CT molecular complexity index is 251. The highest BCUT2D eigenvalue weighted by Crippen LogP contribution is 2.39. The number of primary amides is 1. The molecular formula is C12H25N3O. The van der Waals surface area contributed by atoms with E-state index in [1.807, 2.05) is 7.05 Å². The molecule has 1 unspecified atom stereocenters. The number of amides is 1. The zero-order valence-corrected chi connectivity index (χ0v) is 10.9. The lowest BCUT2D eigenvalue weighted by molar-refractivity contribution is -0.126. The van der Waals surface area contributed by atoms with Gasteiger partial charge in [0.05, 0.1) is 0 Å². The van der Waals surface area contributed by atoms with Crippen LogP contribution in [-0.4, -0.2) is 43.5 Å². The summed E-state index contributed by atoms with van der Waals surface area (Å²) in [6.45, 7) is 6.06. The fourth-order valence-corrected chi connectivity index (χ4v) is 2.50. The molecule has 3 N–H and O–H groups in total. The van der Waals surface area contributed by atoms with Crippen molar-refractivity contribution in [1.29, 1.82) is 0 Å². The molecular weight excluding hydrogens is 202 g/mol. The molecule has 0 aromatic rings. The summed E-state index contributed by atoms with van der Waals surface area (Å²) < 4.78 is 0. The number of nitrogens with one attached hydrogen (secondary N) is 1. The van der Waals surface area contributed by atoms with Crippen molar-refractivity contribution in [3.05, 3.63) is 0 Å². The van der Waals surface area contributed by atoms with Crippen molar-refractivity contribution in [3.8, 4) is 0 Å². The molecule has 1 amide bonds. The Labute approximate surface area is 98.6 Å². The van der Waals surface area contributed by atoms with Crippen molar-refractivity contribution in [3.63, 3.8) is 0 Å². The zero-order chi connectivity index (χ0) is 12.3. The molecule has 1 aliphatic rings. The minimum Gasteiger partial charge on any atom is -0.368 e. The van der Waals surface area contributed by atoms with Crippen LogP contribution in [0.2, 0.25) is 0 Å². The molecule has 0 aromatic carbocycles. The van der Waals surface area contributed by atoms with Crippen molar-refractivity contribution >= 4 is 5.91 Å². The van der Waals surface area contributed by atoms with Gasteiger partial charge in [-0.3, -0.25) is 4.79 Å². The number of likely N-dealkylation sites (N-methyl/N-ethyl adjacent to an activating group) is 2. The van der Waals surface area contributed by atoms with Crippen LogP contribution in [-0.2, 0) is 4.79 Å². The number of nitrogens with two attached hydrogens (primary N) is 1. The third kappa shape index (κ3) is 2.95. The van der Waals surface area contributed by atoms with Crippen LogP contribution in [0.1, 0.15) is 26.7 Å². The van der Waals surface area contributed by atoms with Crippen LogP contribution in [0, 0.1) is 11.8 Å². The topological polar surface area (TPSA) is 58.4 Å². The summed E-state index contributed by atoms with van der Waals surface area (Å²) in [7, 11) is 3.89. The molecule has 0 aromatic heterocycles. The van der Waals surface area contributed by atoms with Gasteiger partial charge in [-0.1, -0.05) is 13.8 Å². The molecule has 1 atom stereocenters. The SMILES string of the molecule is CNC(CN(C)CC(C)C)(C(N)=O)C1CC1. The molecule has 1 rings (SSSR count). The minimum absolute atomic E-state index is 0.215. The van der Waals surface area contributed by atoms with E-state index in [-0.39, 0.29) is 5.91 Å². The number of carbonyl (C=O) groups is 1. The van der Waals surface area contributed by atoms with Gasteiger partial charge in [-0.2, -0.15) is 0 Å². The third-order valence-corrected chi connectivity index (χ3v) is 3.36. The monoisotopic (exact) mass is 227 g/mol. The first kappa shape index (κ1) is 13.5. The summed E-state index contributed by atoms with van der Waals surface area (Å²) in [6, 6.07) is 0. The second-order valence-corrected chi connectivity index (χ2v) is 5.45. The Morgan fingerprint density at radius 3 is 2.44 bits per heavy atom. The second-order valence-electron chi connectivity index (χ2n) is 5.45. The van der Waals surface area contributed by atoms with E-state index >= 15 is 0 Å². The van der Waals surface area contributed by atoms with E-state index in [0.29, 0.717) is 18.4 Å². The van der Waals surface area contributed by atoms with Gasteiger partial charge < -0.3 is 16.0 Å². The van der Waals surface area contributed by atoms with E-state index < -0.39 is 5.54 Å². The summed E-state index contributed by atoms with van der Waals surface area (Å²) in [4.78, 5) is 13.9. The van der Waals surface area contributed by atoms with Gasteiger partial charge in [-0.15, -0.1) is 0 Å². The first-order valence-corrected chi connectivity index (χ1v) is 6.09. The Kier molecular flexibility index (Phi) is 4.33. The van der Waals surface area contributed by atoms with Crippen molar-refractivity contribution in [2.45, 2.75) is 32.2 Å². The largest absolute Gasteiger partial charge is 0.368 e. The van der Waals surface area contributed by atoms with E-state index in [4.69, 9.17) is 5.73 Å². The summed E-state index contributed by atoms with van der Waals surface area (Å²) >= 11 is 0. The molecule has 0 bridgehead atoms. The fraction of sp³-hybridized carbons (Fsp3) is 0.917. The average molecular weight is 227 g/mol. The molecule has 4 heteroatoms. The van der Waals surface area contributed by atoms with Crippen LogP contribution in [0.4, 0.5) is 0 Å². The first-order valence-electron chi connectivity index (χ1n) is 6.09. The van der Waals surface area contributed by atoms with Crippen LogP contribution in [0.3, 0.4) is 0 Å². The van der Waals surface area contributed by atoms with E-state index in [0.717, 1.165) is 19.4 Å². The molecule has 0 saturated heterocycles. The summed E-state index contributed by atoms with van der Waals surface area (Å²) in [5.74, 6) is 0.810. The number of carbonyl (C=O) groups excluding carboxylic acids is 1. The van der Waals surface area contributed by atoms with E-state index in [1.54, 1.807) is 0 Å². The van der Waals surface area contributed by atoms with Crippen LogP contribution in [0.25, 0.3) is 0 Å². The maximum absolute atomic E-state index is 11.7. The quantitative estimate of drug-likeness (QED) is 0.663. The van der Waals surface area contributed by atoms with Gasteiger partial charge in [-0.05, 0) is 38.8 Å². The Morgan fingerprint density at radius 2 is 2.12 bits per heavy atom. The lowest BCUT2D eigenvalue weighted by Gasteiger charge is -2.35. The third-order valence-electron chi connectivity index (χ3n) is 3.36. The zero-order valence-electron chi connectivity index (χ0n) is 10.9. The Morgan fingerprint density at radius 1 is 1.56 bits per heavy atom.